The number of hydrogen-bond acceptors (Lipinski definition) is 5. The van der Waals surface area contributed by atoms with Crippen molar-refractivity contribution in [3.8, 4) is 11.8 Å². The van der Waals surface area contributed by atoms with Gasteiger partial charge < -0.3 is 20.1 Å². The lowest BCUT2D eigenvalue weighted by Crippen LogP contribution is -2.49. The van der Waals surface area contributed by atoms with Gasteiger partial charge in [0.05, 0.1) is 28.2 Å². The Morgan fingerprint density at radius 1 is 1.19 bits per heavy atom. The molecule has 4 rings (SSSR count). The van der Waals surface area contributed by atoms with Gasteiger partial charge in [-0.15, -0.1) is 0 Å². The van der Waals surface area contributed by atoms with Crippen LogP contribution >= 0.6 is 0 Å². The number of aliphatic carboxylic acids is 1. The molecule has 4 aromatic rings. The fourth-order valence-electron chi connectivity index (χ4n) is 3.32. The van der Waals surface area contributed by atoms with Gasteiger partial charge >= 0.3 is 5.97 Å². The van der Waals surface area contributed by atoms with E-state index in [0.717, 1.165) is 10.8 Å². The normalized spacial score (nSPS) is 11.3. The van der Waals surface area contributed by atoms with Crippen molar-refractivity contribution in [1.82, 2.24) is 15.3 Å². The number of imidazole rings is 1. The fraction of sp³-hybridized carbons (Fsp3) is 0.167. The van der Waals surface area contributed by atoms with Crippen molar-refractivity contribution in [3.05, 3.63) is 71.5 Å². The average Bonchev–Trinajstić information content (AvgIpc) is 3.18. The van der Waals surface area contributed by atoms with Crippen LogP contribution < -0.4 is 10.1 Å². The first-order valence-electron chi connectivity index (χ1n) is 9.88. The van der Waals surface area contributed by atoms with Crippen molar-refractivity contribution in [2.75, 3.05) is 0 Å². The van der Waals surface area contributed by atoms with Gasteiger partial charge in [0.25, 0.3) is 5.91 Å². The van der Waals surface area contributed by atoms with Crippen LogP contribution in [-0.4, -0.2) is 32.5 Å². The van der Waals surface area contributed by atoms with E-state index in [9.17, 15) is 14.7 Å². The average molecular weight is 428 g/mol. The van der Waals surface area contributed by atoms with E-state index in [1.807, 2.05) is 24.3 Å². The lowest BCUT2D eigenvalue weighted by molar-refractivity contribution is -0.143. The van der Waals surface area contributed by atoms with Gasteiger partial charge in [-0.2, -0.15) is 5.26 Å². The molecule has 0 fully saturated rings. The molecule has 0 bridgehead atoms. The highest BCUT2D eigenvalue weighted by molar-refractivity contribution is 6.05. The van der Waals surface area contributed by atoms with E-state index in [-0.39, 0.29) is 12.2 Å². The second kappa shape index (κ2) is 8.04. The molecule has 8 nitrogen and oxygen atoms in total. The quantitative estimate of drug-likeness (QED) is 0.429. The second-order valence-electron chi connectivity index (χ2n) is 7.86. The summed E-state index contributed by atoms with van der Waals surface area (Å²) in [5.74, 6) is -0.838. The Balaban J connectivity index is 1.69. The molecule has 8 heteroatoms. The summed E-state index contributed by atoms with van der Waals surface area (Å²) in [4.78, 5) is 32.0. The third kappa shape index (κ3) is 3.96. The molecule has 1 aromatic heterocycles. The number of carbonyl (C=O) groups excluding carboxylic acids is 1. The molecule has 3 N–H and O–H groups in total. The van der Waals surface area contributed by atoms with E-state index >= 15 is 0 Å². The minimum atomic E-state index is -1.45. The highest BCUT2D eigenvalue weighted by atomic mass is 16.5. The third-order valence-corrected chi connectivity index (χ3v) is 5.10. The summed E-state index contributed by atoms with van der Waals surface area (Å²) in [6.45, 7) is 2.88. The standard InChI is InChI=1S/C24H20N4O4/c1-24(2,23(30)31)28-22(29)17-9-8-15-5-3-4-6-16(15)21(17)32-13-20-26-18-10-7-14(12-25)11-19(18)27-20/h3-11H,13H2,1-2H3,(H,26,27)(H,28,29)(H,30,31). The lowest BCUT2D eigenvalue weighted by Gasteiger charge is -2.22. The second-order valence-corrected chi connectivity index (χ2v) is 7.86. The van der Waals surface area contributed by atoms with Crippen molar-refractivity contribution < 1.29 is 19.4 Å². The number of nitrogens with one attached hydrogen (secondary N) is 2. The Hall–Kier alpha value is -4.38. The van der Waals surface area contributed by atoms with Gasteiger partial charge in [0.15, 0.2) is 0 Å². The number of aromatic amines is 1. The van der Waals surface area contributed by atoms with Gasteiger partial charge in [0.1, 0.15) is 23.7 Å². The molecule has 160 valence electrons. The highest BCUT2D eigenvalue weighted by Gasteiger charge is 2.30. The molecule has 0 atom stereocenters. The molecule has 0 aliphatic carbocycles. The summed E-state index contributed by atoms with van der Waals surface area (Å²) >= 11 is 0. The van der Waals surface area contributed by atoms with Crippen molar-refractivity contribution in [2.45, 2.75) is 26.0 Å². The van der Waals surface area contributed by atoms with E-state index in [2.05, 4.69) is 21.4 Å². The molecule has 0 saturated heterocycles. The molecule has 1 heterocycles. The third-order valence-electron chi connectivity index (χ3n) is 5.10. The number of fused-ring (bicyclic) bond motifs is 2. The Morgan fingerprint density at radius 3 is 2.72 bits per heavy atom. The predicted octanol–water partition coefficient (Wildman–Crippen LogP) is 3.76. The first kappa shape index (κ1) is 20.9. The lowest BCUT2D eigenvalue weighted by atomic mass is 10.0. The van der Waals surface area contributed by atoms with Crippen LogP contribution in [0, 0.1) is 11.3 Å². The van der Waals surface area contributed by atoms with Gasteiger partial charge in [-0.25, -0.2) is 9.78 Å². The van der Waals surface area contributed by atoms with Gasteiger partial charge in [-0.1, -0.05) is 30.3 Å². The molecule has 0 radical (unpaired) electrons. The summed E-state index contributed by atoms with van der Waals surface area (Å²) in [5.41, 5.74) is 0.698. The zero-order valence-electron chi connectivity index (χ0n) is 17.5. The number of hydrogen-bond donors (Lipinski definition) is 3. The minimum absolute atomic E-state index is 0.0488. The number of nitrogens with zero attached hydrogens (tertiary/aromatic N) is 2. The summed E-state index contributed by atoms with van der Waals surface area (Å²) in [5, 5.41) is 22.6. The topological polar surface area (TPSA) is 128 Å². The number of H-pyrrole nitrogens is 1. The van der Waals surface area contributed by atoms with Crippen LogP contribution in [-0.2, 0) is 11.4 Å². The summed E-state index contributed by atoms with van der Waals surface area (Å²) in [7, 11) is 0. The van der Waals surface area contributed by atoms with E-state index in [1.54, 1.807) is 30.3 Å². The Bertz CT molecular complexity index is 1400. The molecule has 0 unspecified atom stereocenters. The van der Waals surface area contributed by atoms with Crippen LogP contribution in [0.25, 0.3) is 21.8 Å². The maximum absolute atomic E-state index is 12.9. The molecule has 0 aliphatic rings. The van der Waals surface area contributed by atoms with E-state index in [0.29, 0.717) is 28.2 Å². The molecule has 3 aromatic carbocycles. The van der Waals surface area contributed by atoms with E-state index in [4.69, 9.17) is 10.00 Å². The smallest absolute Gasteiger partial charge is 0.328 e. The Morgan fingerprint density at radius 2 is 1.97 bits per heavy atom. The van der Waals surface area contributed by atoms with Crippen LogP contribution in [0.1, 0.15) is 35.6 Å². The van der Waals surface area contributed by atoms with Gasteiger partial charge in [-0.05, 0) is 43.5 Å². The molecule has 0 saturated carbocycles. The molecule has 1 amide bonds. The number of ether oxygens (including phenoxy) is 1. The SMILES string of the molecule is CC(C)(NC(=O)c1ccc2ccccc2c1OCc1nc2ccc(C#N)cc2[nH]1)C(=O)O. The zero-order chi connectivity index (χ0) is 22.9. The zero-order valence-corrected chi connectivity index (χ0v) is 17.5. The Kier molecular flexibility index (Phi) is 5.24. The van der Waals surface area contributed by atoms with Gasteiger partial charge in [0, 0.05) is 5.39 Å². The highest BCUT2D eigenvalue weighted by Crippen LogP contribution is 2.31. The number of carboxylic acid groups (broad SMARTS) is 1. The van der Waals surface area contributed by atoms with Gasteiger partial charge in [-0.3, -0.25) is 4.79 Å². The van der Waals surface area contributed by atoms with Crippen LogP contribution in [0.5, 0.6) is 5.75 Å². The maximum Gasteiger partial charge on any atom is 0.328 e. The number of rotatable bonds is 6. The number of aromatic nitrogens is 2. The maximum atomic E-state index is 12.9. The van der Waals surface area contributed by atoms with Crippen molar-refractivity contribution in [1.29, 1.82) is 5.26 Å². The van der Waals surface area contributed by atoms with Crippen molar-refractivity contribution >= 4 is 33.7 Å². The molecular weight excluding hydrogens is 408 g/mol. The van der Waals surface area contributed by atoms with E-state index in [1.165, 1.54) is 13.8 Å². The molecular formula is C24H20N4O4. The Labute approximate surface area is 183 Å². The summed E-state index contributed by atoms with van der Waals surface area (Å²) in [6, 6.07) is 18.1. The predicted molar refractivity (Wildman–Crippen MR) is 118 cm³/mol. The summed E-state index contributed by atoms with van der Waals surface area (Å²) in [6.07, 6.45) is 0. The van der Waals surface area contributed by atoms with Crippen LogP contribution in [0.3, 0.4) is 0 Å². The molecule has 32 heavy (non-hydrogen) atoms. The monoisotopic (exact) mass is 428 g/mol. The number of carboxylic acids is 1. The number of carbonyl (C=O) groups is 2. The largest absolute Gasteiger partial charge is 0.484 e. The minimum Gasteiger partial charge on any atom is -0.484 e. The fourth-order valence-corrected chi connectivity index (χ4v) is 3.32. The number of nitriles is 1. The van der Waals surface area contributed by atoms with Crippen molar-refractivity contribution in [2.24, 2.45) is 0 Å². The van der Waals surface area contributed by atoms with Gasteiger partial charge in [0.2, 0.25) is 0 Å². The molecule has 0 spiro atoms. The van der Waals surface area contributed by atoms with E-state index < -0.39 is 17.4 Å². The van der Waals surface area contributed by atoms with Crippen molar-refractivity contribution in [3.63, 3.8) is 0 Å². The number of benzene rings is 3. The van der Waals surface area contributed by atoms with Crippen LogP contribution in [0.4, 0.5) is 0 Å². The first-order valence-corrected chi connectivity index (χ1v) is 9.88. The van der Waals surface area contributed by atoms with Crippen LogP contribution in [0.2, 0.25) is 0 Å². The van der Waals surface area contributed by atoms with Crippen LogP contribution in [0.15, 0.2) is 54.6 Å². The molecule has 0 aliphatic heterocycles. The number of amides is 1. The first-order chi connectivity index (χ1) is 15.3. The summed E-state index contributed by atoms with van der Waals surface area (Å²) < 4.78 is 6.05.